The lowest BCUT2D eigenvalue weighted by molar-refractivity contribution is 0.176. The molecule has 0 saturated carbocycles. The third kappa shape index (κ3) is 2.88. The molecule has 0 aliphatic carbocycles. The van der Waals surface area contributed by atoms with E-state index in [4.69, 9.17) is 11.6 Å². The van der Waals surface area contributed by atoms with Gasteiger partial charge in [0.1, 0.15) is 5.15 Å². The average molecular weight is 297 g/mol. The van der Waals surface area contributed by atoms with Gasteiger partial charge in [-0.05, 0) is 26.3 Å². The molecule has 2 rings (SSSR count). The van der Waals surface area contributed by atoms with Crippen LogP contribution in [0.4, 0.5) is 0 Å². The highest BCUT2D eigenvalue weighted by atomic mass is 35.5. The summed E-state index contributed by atoms with van der Waals surface area (Å²) in [6.45, 7) is 6.09. The third-order valence-electron chi connectivity index (χ3n) is 3.64. The molecule has 5 nitrogen and oxygen atoms in total. The van der Waals surface area contributed by atoms with Crippen LogP contribution < -0.4 is 0 Å². The molecule has 0 saturated heterocycles. The Labute approximate surface area is 124 Å². The summed E-state index contributed by atoms with van der Waals surface area (Å²) < 4.78 is 3.51. The van der Waals surface area contributed by atoms with Crippen molar-refractivity contribution in [3.8, 4) is 0 Å². The smallest absolute Gasteiger partial charge is 0.132 e. The van der Waals surface area contributed by atoms with Gasteiger partial charge in [0.2, 0.25) is 0 Å². The second-order valence-corrected chi connectivity index (χ2v) is 5.54. The fourth-order valence-electron chi connectivity index (χ4n) is 2.24. The van der Waals surface area contributed by atoms with E-state index in [0.717, 1.165) is 17.8 Å². The van der Waals surface area contributed by atoms with Crippen LogP contribution in [0.15, 0.2) is 12.3 Å². The van der Waals surface area contributed by atoms with Crippen molar-refractivity contribution in [3.63, 3.8) is 0 Å². The van der Waals surface area contributed by atoms with Crippen LogP contribution in [-0.2, 0) is 13.5 Å². The first-order valence-electron chi connectivity index (χ1n) is 6.85. The summed E-state index contributed by atoms with van der Waals surface area (Å²) in [6, 6.07) is 2.30. The van der Waals surface area contributed by atoms with E-state index in [1.165, 1.54) is 0 Å². The first-order valence-corrected chi connectivity index (χ1v) is 7.22. The van der Waals surface area contributed by atoms with Crippen LogP contribution in [0, 0.1) is 6.92 Å². The number of aromatic nitrogens is 4. The molecule has 6 heteroatoms. The predicted octanol–water partition coefficient (Wildman–Crippen LogP) is 2.83. The van der Waals surface area contributed by atoms with E-state index < -0.39 is 6.10 Å². The Hall–Kier alpha value is -1.33. The topological polar surface area (TPSA) is 55.9 Å². The summed E-state index contributed by atoms with van der Waals surface area (Å²) >= 11 is 6.17. The number of hydrogen-bond donors (Lipinski definition) is 1. The van der Waals surface area contributed by atoms with E-state index in [2.05, 4.69) is 24.0 Å². The SMILES string of the molecule is CCC(C)n1ccc(CC(O)c2c(C)nn(C)c2Cl)n1. The number of aliphatic hydroxyl groups excluding tert-OH is 1. The summed E-state index contributed by atoms with van der Waals surface area (Å²) in [5, 5.41) is 19.6. The largest absolute Gasteiger partial charge is 0.388 e. The van der Waals surface area contributed by atoms with Gasteiger partial charge < -0.3 is 5.11 Å². The Morgan fingerprint density at radius 1 is 1.40 bits per heavy atom. The van der Waals surface area contributed by atoms with Crippen molar-refractivity contribution < 1.29 is 5.11 Å². The van der Waals surface area contributed by atoms with E-state index >= 15 is 0 Å². The molecule has 110 valence electrons. The van der Waals surface area contributed by atoms with Crippen molar-refractivity contribution in [2.75, 3.05) is 0 Å². The molecule has 2 aromatic rings. The zero-order valence-electron chi connectivity index (χ0n) is 12.3. The van der Waals surface area contributed by atoms with E-state index in [-0.39, 0.29) is 0 Å². The lowest BCUT2D eigenvalue weighted by Gasteiger charge is -2.10. The molecule has 0 aromatic carbocycles. The van der Waals surface area contributed by atoms with Crippen molar-refractivity contribution in [1.29, 1.82) is 0 Å². The highest BCUT2D eigenvalue weighted by Crippen LogP contribution is 2.28. The third-order valence-corrected chi connectivity index (χ3v) is 4.09. The molecule has 2 atom stereocenters. The minimum atomic E-state index is -0.684. The number of halogens is 1. The molecular formula is C14H21ClN4O. The Kier molecular flexibility index (Phi) is 4.50. The Morgan fingerprint density at radius 2 is 2.10 bits per heavy atom. The molecule has 2 unspecified atom stereocenters. The van der Waals surface area contributed by atoms with Crippen molar-refractivity contribution in [2.45, 2.75) is 45.8 Å². The van der Waals surface area contributed by atoms with E-state index in [9.17, 15) is 5.11 Å². The van der Waals surface area contributed by atoms with E-state index in [1.54, 1.807) is 11.7 Å². The van der Waals surface area contributed by atoms with Gasteiger partial charge >= 0.3 is 0 Å². The van der Waals surface area contributed by atoms with Gasteiger partial charge in [-0.1, -0.05) is 18.5 Å². The summed E-state index contributed by atoms with van der Waals surface area (Å²) in [5.41, 5.74) is 2.30. The lowest BCUT2D eigenvalue weighted by Crippen LogP contribution is -2.07. The summed E-state index contributed by atoms with van der Waals surface area (Å²) in [5.74, 6) is 0. The van der Waals surface area contributed by atoms with Crippen LogP contribution in [0.25, 0.3) is 0 Å². The molecule has 0 fully saturated rings. The van der Waals surface area contributed by atoms with Gasteiger partial charge in [0.05, 0.1) is 17.5 Å². The second-order valence-electron chi connectivity index (χ2n) is 5.18. The van der Waals surface area contributed by atoms with Crippen LogP contribution in [0.1, 0.15) is 49.4 Å². The highest BCUT2D eigenvalue weighted by molar-refractivity contribution is 6.30. The standard InChI is InChI=1S/C14H21ClN4O/c1-5-9(2)19-7-6-11(17-19)8-12(20)13-10(3)16-18(4)14(13)15/h6-7,9,12,20H,5,8H2,1-4H3. The molecule has 0 bridgehead atoms. The molecule has 1 N–H and O–H groups in total. The maximum absolute atomic E-state index is 10.4. The first kappa shape index (κ1) is 15.1. The highest BCUT2D eigenvalue weighted by Gasteiger charge is 2.20. The van der Waals surface area contributed by atoms with Gasteiger partial charge in [-0.3, -0.25) is 9.36 Å². The number of nitrogens with zero attached hydrogens (tertiary/aromatic N) is 4. The van der Waals surface area contributed by atoms with Crippen LogP contribution in [0.2, 0.25) is 5.15 Å². The first-order chi connectivity index (χ1) is 9.43. The van der Waals surface area contributed by atoms with Gasteiger partial charge in [-0.2, -0.15) is 10.2 Å². The molecule has 0 spiro atoms. The molecule has 2 heterocycles. The molecule has 0 aliphatic heterocycles. The minimum absolute atomic E-state index is 0.365. The monoisotopic (exact) mass is 296 g/mol. The summed E-state index contributed by atoms with van der Waals surface area (Å²) in [7, 11) is 1.77. The van der Waals surface area contributed by atoms with Crippen molar-refractivity contribution in [1.82, 2.24) is 19.6 Å². The van der Waals surface area contributed by atoms with Gasteiger partial charge in [0.25, 0.3) is 0 Å². The van der Waals surface area contributed by atoms with Gasteiger partial charge in [-0.25, -0.2) is 0 Å². The van der Waals surface area contributed by atoms with Gasteiger partial charge in [0, 0.05) is 31.3 Å². The molecular weight excluding hydrogens is 276 g/mol. The Balaban J connectivity index is 2.15. The maximum atomic E-state index is 10.4. The molecule has 0 radical (unpaired) electrons. The van der Waals surface area contributed by atoms with Crippen molar-refractivity contribution in [3.05, 3.63) is 34.4 Å². The van der Waals surface area contributed by atoms with Gasteiger partial charge in [-0.15, -0.1) is 0 Å². The van der Waals surface area contributed by atoms with Crippen LogP contribution >= 0.6 is 11.6 Å². The second kappa shape index (κ2) is 5.97. The number of aryl methyl sites for hydroxylation is 2. The van der Waals surface area contributed by atoms with Crippen molar-refractivity contribution in [2.24, 2.45) is 7.05 Å². The Morgan fingerprint density at radius 3 is 2.65 bits per heavy atom. The molecule has 0 aliphatic rings. The van der Waals surface area contributed by atoms with E-state index in [1.807, 2.05) is 23.9 Å². The fourth-order valence-corrected chi connectivity index (χ4v) is 2.54. The average Bonchev–Trinajstić information content (AvgIpc) is 2.94. The fraction of sp³-hybridized carbons (Fsp3) is 0.571. The number of hydrogen-bond acceptors (Lipinski definition) is 3. The zero-order chi connectivity index (χ0) is 14.9. The summed E-state index contributed by atoms with van der Waals surface area (Å²) in [4.78, 5) is 0. The van der Waals surface area contributed by atoms with Crippen LogP contribution in [0.5, 0.6) is 0 Å². The molecule has 2 aromatic heterocycles. The molecule has 20 heavy (non-hydrogen) atoms. The number of aliphatic hydroxyl groups is 1. The van der Waals surface area contributed by atoms with Crippen LogP contribution in [-0.4, -0.2) is 24.7 Å². The predicted molar refractivity (Wildman–Crippen MR) is 78.8 cm³/mol. The number of rotatable bonds is 5. The zero-order valence-corrected chi connectivity index (χ0v) is 13.1. The van der Waals surface area contributed by atoms with Crippen molar-refractivity contribution >= 4 is 11.6 Å². The van der Waals surface area contributed by atoms with E-state index in [0.29, 0.717) is 23.2 Å². The van der Waals surface area contributed by atoms with Crippen LogP contribution in [0.3, 0.4) is 0 Å². The quantitative estimate of drug-likeness (QED) is 0.923. The Bertz CT molecular complexity index is 590. The summed E-state index contributed by atoms with van der Waals surface area (Å²) in [6.07, 6.45) is 2.73. The molecule has 0 amide bonds. The van der Waals surface area contributed by atoms with Gasteiger partial charge in [0.15, 0.2) is 0 Å². The minimum Gasteiger partial charge on any atom is -0.388 e. The normalized spacial score (nSPS) is 14.5. The maximum Gasteiger partial charge on any atom is 0.132 e. The lowest BCUT2D eigenvalue weighted by atomic mass is 10.1.